The first-order valence-electron chi connectivity index (χ1n) is 8.55. The molecule has 1 aliphatic rings. The number of H-pyrrole nitrogens is 1. The molecule has 0 bridgehead atoms. The number of benzene rings is 1. The number of carbonyl (C=O) groups excluding carboxylic acids is 1. The van der Waals surface area contributed by atoms with Crippen LogP contribution in [0.1, 0.15) is 41.4 Å². The van der Waals surface area contributed by atoms with Crippen molar-refractivity contribution < 1.29 is 14.7 Å². The highest BCUT2D eigenvalue weighted by atomic mass is 16.4. The highest BCUT2D eigenvalue weighted by Gasteiger charge is 2.36. The van der Waals surface area contributed by atoms with Crippen LogP contribution in [0.15, 0.2) is 24.3 Å². The van der Waals surface area contributed by atoms with Gasteiger partial charge in [-0.05, 0) is 56.9 Å². The molecule has 1 fully saturated rings. The molecule has 2 N–H and O–H groups in total. The predicted molar refractivity (Wildman–Crippen MR) is 94.4 cm³/mol. The van der Waals surface area contributed by atoms with Crippen LogP contribution in [0, 0.1) is 19.8 Å². The lowest BCUT2D eigenvalue weighted by atomic mass is 9.90. The van der Waals surface area contributed by atoms with E-state index >= 15 is 0 Å². The molecule has 1 amide bonds. The fourth-order valence-corrected chi connectivity index (χ4v) is 3.39. The van der Waals surface area contributed by atoms with Gasteiger partial charge in [-0.1, -0.05) is 12.1 Å². The molecule has 25 heavy (non-hydrogen) atoms. The third kappa shape index (κ3) is 3.29. The first-order valence-corrected chi connectivity index (χ1v) is 8.55. The third-order valence-corrected chi connectivity index (χ3v) is 5.18. The van der Waals surface area contributed by atoms with Gasteiger partial charge in [0.2, 0.25) is 0 Å². The van der Waals surface area contributed by atoms with Crippen LogP contribution >= 0.6 is 0 Å². The minimum absolute atomic E-state index is 0.193. The lowest BCUT2D eigenvalue weighted by molar-refractivity contribution is -0.144. The van der Waals surface area contributed by atoms with Crippen LogP contribution in [0.4, 0.5) is 0 Å². The Morgan fingerprint density at radius 3 is 2.68 bits per heavy atom. The van der Waals surface area contributed by atoms with E-state index in [4.69, 9.17) is 0 Å². The summed E-state index contributed by atoms with van der Waals surface area (Å²) < 4.78 is 0. The highest BCUT2D eigenvalue weighted by molar-refractivity contribution is 5.94. The van der Waals surface area contributed by atoms with Crippen LogP contribution in [0.2, 0.25) is 0 Å². The number of carboxylic acid groups (broad SMARTS) is 1. The number of carbonyl (C=O) groups is 2. The summed E-state index contributed by atoms with van der Waals surface area (Å²) >= 11 is 0. The Labute approximate surface area is 146 Å². The van der Waals surface area contributed by atoms with Crippen molar-refractivity contribution in [3.8, 4) is 11.3 Å². The number of hydrogen-bond acceptors (Lipinski definition) is 3. The van der Waals surface area contributed by atoms with Gasteiger partial charge in [0.25, 0.3) is 5.91 Å². The number of carboxylic acids is 1. The Bertz CT molecular complexity index is 812. The van der Waals surface area contributed by atoms with Crippen molar-refractivity contribution in [3.63, 3.8) is 0 Å². The Hall–Kier alpha value is -2.63. The molecule has 1 aromatic carbocycles. The molecule has 1 aromatic heterocycles. The number of rotatable bonds is 3. The monoisotopic (exact) mass is 341 g/mol. The summed E-state index contributed by atoms with van der Waals surface area (Å²) in [6.45, 7) is 6.46. The summed E-state index contributed by atoms with van der Waals surface area (Å²) in [5.41, 5.74) is 4.44. The normalized spacial score (nSPS) is 20.5. The average Bonchev–Trinajstić information content (AvgIpc) is 3.06. The van der Waals surface area contributed by atoms with E-state index in [1.807, 2.05) is 25.1 Å². The number of likely N-dealkylation sites (tertiary alicyclic amines) is 1. The van der Waals surface area contributed by atoms with Gasteiger partial charge in [-0.2, -0.15) is 5.10 Å². The number of piperidine rings is 1. The highest BCUT2D eigenvalue weighted by Crippen LogP contribution is 2.26. The number of amides is 1. The summed E-state index contributed by atoms with van der Waals surface area (Å²) in [6, 6.07) is 7.47. The Morgan fingerprint density at radius 1 is 1.24 bits per heavy atom. The molecule has 6 heteroatoms. The molecular formula is C19H23N3O3. The van der Waals surface area contributed by atoms with E-state index in [-0.39, 0.29) is 11.9 Å². The standard InChI is InChI=1S/C19H23N3O3/c1-11-6-7-14(9-12(11)2)16-10-17(21-20-16)18(23)22-8-4-5-15(13(22)3)19(24)25/h6-7,9-10,13,15H,4-5,8H2,1-3H3,(H,20,21)(H,24,25)/t13-,15-/m1/s1. The van der Waals surface area contributed by atoms with E-state index in [9.17, 15) is 14.7 Å². The molecule has 0 spiro atoms. The third-order valence-electron chi connectivity index (χ3n) is 5.18. The molecule has 0 aliphatic carbocycles. The molecule has 132 valence electrons. The number of aromatic nitrogens is 2. The second-order valence-corrected chi connectivity index (χ2v) is 6.79. The van der Waals surface area contributed by atoms with E-state index in [0.717, 1.165) is 5.56 Å². The van der Waals surface area contributed by atoms with E-state index in [1.165, 1.54) is 11.1 Å². The maximum atomic E-state index is 12.8. The zero-order chi connectivity index (χ0) is 18.1. The topological polar surface area (TPSA) is 86.3 Å². The zero-order valence-corrected chi connectivity index (χ0v) is 14.7. The fourth-order valence-electron chi connectivity index (χ4n) is 3.39. The molecule has 1 aliphatic heterocycles. The van der Waals surface area contributed by atoms with Crippen molar-refractivity contribution >= 4 is 11.9 Å². The second kappa shape index (κ2) is 6.70. The largest absolute Gasteiger partial charge is 0.481 e. The Balaban J connectivity index is 1.82. The molecular weight excluding hydrogens is 318 g/mol. The molecule has 2 heterocycles. The second-order valence-electron chi connectivity index (χ2n) is 6.79. The van der Waals surface area contributed by atoms with Gasteiger partial charge >= 0.3 is 5.97 Å². The number of aryl methyl sites for hydroxylation is 2. The van der Waals surface area contributed by atoms with Crippen molar-refractivity contribution in [2.45, 2.75) is 39.7 Å². The Kier molecular flexibility index (Phi) is 4.61. The number of aromatic amines is 1. The van der Waals surface area contributed by atoms with Gasteiger partial charge in [-0.3, -0.25) is 14.7 Å². The fraction of sp³-hybridized carbons (Fsp3) is 0.421. The summed E-state index contributed by atoms with van der Waals surface area (Å²) in [5.74, 6) is -1.55. The minimum Gasteiger partial charge on any atom is -0.481 e. The van der Waals surface area contributed by atoms with Gasteiger partial charge in [-0.15, -0.1) is 0 Å². The molecule has 6 nitrogen and oxygen atoms in total. The number of aliphatic carboxylic acids is 1. The van der Waals surface area contributed by atoms with Crippen LogP contribution < -0.4 is 0 Å². The summed E-state index contributed by atoms with van der Waals surface area (Å²) in [5, 5.41) is 16.4. The summed E-state index contributed by atoms with van der Waals surface area (Å²) in [6.07, 6.45) is 1.31. The number of nitrogens with one attached hydrogen (secondary N) is 1. The van der Waals surface area contributed by atoms with Crippen LogP contribution in [0.3, 0.4) is 0 Å². The molecule has 0 radical (unpaired) electrons. The quantitative estimate of drug-likeness (QED) is 0.898. The number of nitrogens with zero attached hydrogens (tertiary/aromatic N) is 2. The van der Waals surface area contributed by atoms with Crippen molar-refractivity contribution in [1.29, 1.82) is 0 Å². The van der Waals surface area contributed by atoms with Gasteiger partial charge in [0.15, 0.2) is 0 Å². The SMILES string of the molecule is Cc1ccc(-c2cc(C(=O)N3CCC[C@@H](C(=O)O)[C@H]3C)[nH]n2)cc1C. The van der Waals surface area contributed by atoms with E-state index in [1.54, 1.807) is 17.9 Å². The molecule has 0 saturated carbocycles. The zero-order valence-electron chi connectivity index (χ0n) is 14.7. The van der Waals surface area contributed by atoms with Crippen LogP contribution in [0.5, 0.6) is 0 Å². The Morgan fingerprint density at radius 2 is 2.00 bits per heavy atom. The maximum absolute atomic E-state index is 12.8. The van der Waals surface area contributed by atoms with Crippen LogP contribution in [-0.2, 0) is 4.79 Å². The van der Waals surface area contributed by atoms with Gasteiger partial charge < -0.3 is 10.0 Å². The number of hydrogen-bond donors (Lipinski definition) is 2. The maximum Gasteiger partial charge on any atom is 0.308 e. The molecule has 3 rings (SSSR count). The molecule has 1 saturated heterocycles. The first-order chi connectivity index (χ1) is 11.9. The van der Waals surface area contributed by atoms with E-state index in [2.05, 4.69) is 17.1 Å². The van der Waals surface area contributed by atoms with Crippen molar-refractivity contribution in [2.24, 2.45) is 5.92 Å². The smallest absolute Gasteiger partial charge is 0.308 e. The average molecular weight is 341 g/mol. The van der Waals surface area contributed by atoms with E-state index in [0.29, 0.717) is 30.8 Å². The van der Waals surface area contributed by atoms with Gasteiger partial charge in [0.1, 0.15) is 5.69 Å². The van der Waals surface area contributed by atoms with E-state index < -0.39 is 11.9 Å². The summed E-state index contributed by atoms with van der Waals surface area (Å²) in [7, 11) is 0. The van der Waals surface area contributed by atoms with Crippen LogP contribution in [0.25, 0.3) is 11.3 Å². The molecule has 0 unspecified atom stereocenters. The lowest BCUT2D eigenvalue weighted by Gasteiger charge is -2.37. The van der Waals surface area contributed by atoms with Crippen molar-refractivity contribution in [3.05, 3.63) is 41.1 Å². The van der Waals surface area contributed by atoms with Crippen molar-refractivity contribution in [2.75, 3.05) is 6.54 Å². The minimum atomic E-state index is -0.842. The van der Waals surface area contributed by atoms with Gasteiger partial charge in [0.05, 0.1) is 11.6 Å². The van der Waals surface area contributed by atoms with Crippen molar-refractivity contribution in [1.82, 2.24) is 15.1 Å². The molecule has 2 atom stereocenters. The predicted octanol–water partition coefficient (Wildman–Crippen LogP) is 3.02. The summed E-state index contributed by atoms with van der Waals surface area (Å²) in [4.78, 5) is 25.8. The lowest BCUT2D eigenvalue weighted by Crippen LogP contribution is -2.49. The molecule has 2 aromatic rings. The first kappa shape index (κ1) is 17.2. The van der Waals surface area contributed by atoms with Crippen LogP contribution in [-0.4, -0.2) is 44.7 Å². The van der Waals surface area contributed by atoms with Gasteiger partial charge in [0, 0.05) is 18.2 Å². The van der Waals surface area contributed by atoms with Gasteiger partial charge in [-0.25, -0.2) is 0 Å².